The van der Waals surface area contributed by atoms with Gasteiger partial charge in [-0.1, -0.05) is 25.1 Å². The summed E-state index contributed by atoms with van der Waals surface area (Å²) >= 11 is 0. The van der Waals surface area contributed by atoms with E-state index in [1.165, 1.54) is 24.8 Å². The van der Waals surface area contributed by atoms with E-state index in [4.69, 9.17) is 4.52 Å². The first kappa shape index (κ1) is 33.2. The maximum Gasteiger partial charge on any atom is 0.274 e. The Bertz CT molecular complexity index is 1260. The van der Waals surface area contributed by atoms with E-state index in [1.807, 2.05) is 12.1 Å². The Labute approximate surface area is 250 Å². The number of amides is 5. The highest BCUT2D eigenvalue weighted by atomic mass is 16.5. The average molecular weight is 600 g/mol. The molecular formula is C29H41N7O7. The Kier molecular flexibility index (Phi) is 12.2. The number of aliphatic hydroxyl groups is 1. The quantitative estimate of drug-likeness (QED) is 0.274. The van der Waals surface area contributed by atoms with Crippen LogP contribution in [0.3, 0.4) is 0 Å². The summed E-state index contributed by atoms with van der Waals surface area (Å²) in [6.45, 7) is 6.50. The number of aryl methyl sites for hydroxylation is 1. The molecule has 2 aromatic rings. The van der Waals surface area contributed by atoms with Crippen molar-refractivity contribution >= 4 is 29.5 Å². The molecule has 0 aliphatic carbocycles. The largest absolute Gasteiger partial charge is 0.391 e. The molecule has 1 aliphatic rings. The predicted octanol–water partition coefficient (Wildman–Crippen LogP) is 0.0657. The molecular weight excluding hydrogens is 558 g/mol. The van der Waals surface area contributed by atoms with Crippen LogP contribution in [0, 0.1) is 5.92 Å². The minimum atomic E-state index is -1.41. The Morgan fingerprint density at radius 2 is 1.84 bits per heavy atom. The van der Waals surface area contributed by atoms with Crippen LogP contribution in [0.5, 0.6) is 0 Å². The van der Waals surface area contributed by atoms with Gasteiger partial charge in [-0.25, -0.2) is 0 Å². The summed E-state index contributed by atoms with van der Waals surface area (Å²) in [5, 5.41) is 24.3. The van der Waals surface area contributed by atoms with E-state index in [0.29, 0.717) is 6.42 Å². The molecule has 14 nitrogen and oxygen atoms in total. The third-order valence-corrected chi connectivity index (χ3v) is 7.05. The van der Waals surface area contributed by atoms with Gasteiger partial charge in [-0.05, 0) is 50.7 Å². The lowest BCUT2D eigenvalue weighted by molar-refractivity contribution is -0.134. The zero-order valence-electron chi connectivity index (χ0n) is 25.0. The Balaban J connectivity index is 1.79. The van der Waals surface area contributed by atoms with Gasteiger partial charge in [0.1, 0.15) is 18.1 Å². The van der Waals surface area contributed by atoms with Crippen molar-refractivity contribution in [2.45, 2.75) is 84.2 Å². The molecule has 3 rings (SSSR count). The topological polar surface area (TPSA) is 196 Å². The first-order chi connectivity index (χ1) is 20.5. The Hall–Kier alpha value is -4.33. The van der Waals surface area contributed by atoms with Gasteiger partial charge in [0.2, 0.25) is 23.6 Å². The van der Waals surface area contributed by atoms with Gasteiger partial charge in [-0.15, -0.1) is 0 Å². The standard InChI is InChI=1S/C29H41N7O7/c1-17(2)24-28(41)31-12-13-36(23(38)10-6-5-8-20-9-7-11-30-15-20)16-21-14-22(35-43-21)27(40)34-25(19(4)37)29(42)32-18(3)26(39)33-24/h7,9,11,14-15,17-19,24-25,37H,5-6,8,10,12-13,16H2,1-4H3,(H,31,41)(H,32,42)(H,33,39)(H,34,40)/t18-,19+,24-,25-/m0/s1. The number of carbonyl (C=O) groups excluding carboxylic acids is 5. The second kappa shape index (κ2) is 15.8. The second-order valence-electron chi connectivity index (χ2n) is 11.0. The van der Waals surface area contributed by atoms with Crippen molar-refractivity contribution in [1.82, 2.24) is 36.3 Å². The molecule has 0 unspecified atom stereocenters. The molecule has 0 spiro atoms. The highest BCUT2D eigenvalue weighted by Gasteiger charge is 2.32. The highest BCUT2D eigenvalue weighted by Crippen LogP contribution is 2.13. The zero-order chi connectivity index (χ0) is 31.5. The second-order valence-corrected chi connectivity index (χ2v) is 11.0. The molecule has 1 aliphatic heterocycles. The van der Waals surface area contributed by atoms with Crippen molar-refractivity contribution < 1.29 is 33.6 Å². The number of hydrogen-bond donors (Lipinski definition) is 5. The average Bonchev–Trinajstić information content (AvgIpc) is 3.44. The molecule has 5 N–H and O–H groups in total. The number of hydrogen-bond acceptors (Lipinski definition) is 9. The monoisotopic (exact) mass is 599 g/mol. The van der Waals surface area contributed by atoms with Gasteiger partial charge >= 0.3 is 0 Å². The molecule has 234 valence electrons. The first-order valence-corrected chi connectivity index (χ1v) is 14.5. The predicted molar refractivity (Wildman–Crippen MR) is 154 cm³/mol. The fraction of sp³-hybridized carbons (Fsp3) is 0.552. The molecule has 0 radical (unpaired) electrons. The van der Waals surface area contributed by atoms with Gasteiger partial charge < -0.3 is 35.8 Å². The van der Waals surface area contributed by atoms with Gasteiger partial charge in [-0.3, -0.25) is 29.0 Å². The maximum atomic E-state index is 13.2. The lowest BCUT2D eigenvalue weighted by Crippen LogP contribution is -2.58. The molecule has 4 atom stereocenters. The summed E-state index contributed by atoms with van der Waals surface area (Å²) < 4.78 is 5.32. The van der Waals surface area contributed by atoms with Gasteiger partial charge in [0.25, 0.3) is 5.91 Å². The summed E-state index contributed by atoms with van der Waals surface area (Å²) in [5.74, 6) is -2.89. The van der Waals surface area contributed by atoms with E-state index in [1.54, 1.807) is 26.2 Å². The van der Waals surface area contributed by atoms with Gasteiger partial charge in [-0.2, -0.15) is 0 Å². The van der Waals surface area contributed by atoms with Gasteiger partial charge in [0, 0.05) is 38.0 Å². The van der Waals surface area contributed by atoms with Gasteiger partial charge in [0.15, 0.2) is 11.5 Å². The minimum Gasteiger partial charge on any atom is -0.391 e. The number of fused-ring (bicyclic) bond motifs is 2. The summed E-state index contributed by atoms with van der Waals surface area (Å²) in [4.78, 5) is 70.5. The molecule has 2 bridgehead atoms. The van der Waals surface area contributed by atoms with E-state index in [0.717, 1.165) is 18.4 Å². The number of nitrogens with one attached hydrogen (secondary N) is 4. The van der Waals surface area contributed by atoms with Crippen molar-refractivity contribution in [2.75, 3.05) is 13.1 Å². The third kappa shape index (κ3) is 9.87. The number of pyridine rings is 1. The summed E-state index contributed by atoms with van der Waals surface area (Å²) in [6, 6.07) is 1.80. The zero-order valence-corrected chi connectivity index (χ0v) is 25.0. The van der Waals surface area contributed by atoms with Crippen molar-refractivity contribution in [2.24, 2.45) is 5.92 Å². The molecule has 0 saturated carbocycles. The summed E-state index contributed by atoms with van der Waals surface area (Å²) in [6.07, 6.45) is 4.63. The highest BCUT2D eigenvalue weighted by molar-refractivity contribution is 5.98. The van der Waals surface area contributed by atoms with E-state index in [9.17, 15) is 29.1 Å². The molecule has 43 heavy (non-hydrogen) atoms. The van der Waals surface area contributed by atoms with Crippen molar-refractivity contribution in [3.8, 4) is 0 Å². The molecule has 0 fully saturated rings. The van der Waals surface area contributed by atoms with Crippen LogP contribution in [0.15, 0.2) is 35.1 Å². The number of carbonyl (C=O) groups is 5. The fourth-order valence-corrected chi connectivity index (χ4v) is 4.51. The molecule has 2 aromatic heterocycles. The molecule has 3 heterocycles. The van der Waals surface area contributed by atoms with Crippen LogP contribution < -0.4 is 21.3 Å². The smallest absolute Gasteiger partial charge is 0.274 e. The fourth-order valence-electron chi connectivity index (χ4n) is 4.51. The van der Waals surface area contributed by atoms with Gasteiger partial charge in [0.05, 0.1) is 12.6 Å². The molecule has 5 amide bonds. The number of aliphatic hydroxyl groups excluding tert-OH is 1. The summed E-state index contributed by atoms with van der Waals surface area (Å²) in [5.41, 5.74) is 0.926. The van der Waals surface area contributed by atoms with Crippen LogP contribution in [-0.4, -0.2) is 87.0 Å². The van der Waals surface area contributed by atoms with Crippen LogP contribution >= 0.6 is 0 Å². The van der Waals surface area contributed by atoms with Crippen molar-refractivity contribution in [3.05, 3.63) is 47.6 Å². The molecule has 14 heteroatoms. The molecule has 0 aromatic carbocycles. The normalized spacial score (nSPS) is 21.6. The number of rotatable bonds is 7. The Morgan fingerprint density at radius 3 is 2.51 bits per heavy atom. The van der Waals surface area contributed by atoms with E-state index < -0.39 is 47.9 Å². The Morgan fingerprint density at radius 1 is 1.07 bits per heavy atom. The van der Waals surface area contributed by atoms with Crippen LogP contribution in [0.25, 0.3) is 0 Å². The summed E-state index contributed by atoms with van der Waals surface area (Å²) in [7, 11) is 0. The molecule has 0 saturated heterocycles. The van der Waals surface area contributed by atoms with E-state index >= 15 is 0 Å². The van der Waals surface area contributed by atoms with Crippen LogP contribution in [0.2, 0.25) is 0 Å². The van der Waals surface area contributed by atoms with Crippen LogP contribution in [0.1, 0.15) is 68.8 Å². The SMILES string of the molecule is CC(C)[C@@H]1NC(=O)[C@H](C)NC(=O)[C@H]([C@@H](C)O)NC(=O)c2cc(on2)CN(C(=O)CCCCc2cccnc2)CCNC1=O. The van der Waals surface area contributed by atoms with Crippen molar-refractivity contribution in [1.29, 1.82) is 0 Å². The van der Waals surface area contributed by atoms with Crippen LogP contribution in [-0.2, 0) is 32.1 Å². The van der Waals surface area contributed by atoms with Crippen molar-refractivity contribution in [3.63, 3.8) is 0 Å². The lowest BCUT2D eigenvalue weighted by atomic mass is 10.0. The number of aromatic nitrogens is 2. The van der Waals surface area contributed by atoms with E-state index in [2.05, 4.69) is 31.4 Å². The number of nitrogens with zero attached hydrogens (tertiary/aromatic N) is 3. The maximum absolute atomic E-state index is 13.2. The lowest BCUT2D eigenvalue weighted by Gasteiger charge is -2.26. The minimum absolute atomic E-state index is 0.0141. The first-order valence-electron chi connectivity index (χ1n) is 14.5. The third-order valence-electron chi connectivity index (χ3n) is 7.05. The van der Waals surface area contributed by atoms with E-state index in [-0.39, 0.29) is 49.3 Å². The number of unbranched alkanes of at least 4 members (excludes halogenated alkanes) is 1. The van der Waals surface area contributed by atoms with Crippen LogP contribution in [0.4, 0.5) is 0 Å².